The van der Waals surface area contributed by atoms with Gasteiger partial charge in [0.1, 0.15) is 6.07 Å². The van der Waals surface area contributed by atoms with Crippen LogP contribution in [0.2, 0.25) is 0 Å². The molecule has 4 rings (SSSR count). The lowest BCUT2D eigenvalue weighted by Crippen LogP contribution is -2.55. The molecule has 0 aliphatic carbocycles. The van der Waals surface area contributed by atoms with Gasteiger partial charge in [0.25, 0.3) is 0 Å². The molecule has 2 aliphatic heterocycles. The molecule has 2 atom stereocenters. The Balaban J connectivity index is 1.49. The Morgan fingerprint density at radius 2 is 1.97 bits per heavy atom. The van der Waals surface area contributed by atoms with Gasteiger partial charge in [-0.25, -0.2) is 0 Å². The molecule has 0 bridgehead atoms. The van der Waals surface area contributed by atoms with Gasteiger partial charge in [0.2, 0.25) is 0 Å². The summed E-state index contributed by atoms with van der Waals surface area (Å²) in [6.07, 6.45) is 2.12. The molecular formula is C23H31N5O. The summed E-state index contributed by atoms with van der Waals surface area (Å²) in [5.74, 6) is 0. The van der Waals surface area contributed by atoms with Gasteiger partial charge < -0.3 is 9.64 Å². The van der Waals surface area contributed by atoms with E-state index in [4.69, 9.17) is 4.74 Å². The smallest absolute Gasteiger partial charge is 0.101 e. The molecule has 154 valence electrons. The standard InChI is InChI=1S/C23H31N5O/c1-17(2)27-11-9-26(10-12-27)15-20-16-28(14-18(3)29-20)22-7-6-19(13-24)23-21(22)5-4-8-25-23/h4-8,17-18,20H,9-12,14-16H2,1-3H3/t18-,20+/m1/s1. The second-order valence-electron chi connectivity index (χ2n) is 8.55. The maximum atomic E-state index is 9.42. The summed E-state index contributed by atoms with van der Waals surface area (Å²) in [6, 6.07) is 10.9. The molecule has 1 aromatic heterocycles. The van der Waals surface area contributed by atoms with Gasteiger partial charge in [-0.15, -0.1) is 0 Å². The number of nitriles is 1. The number of aromatic nitrogens is 1. The van der Waals surface area contributed by atoms with Crippen LogP contribution in [0.25, 0.3) is 10.9 Å². The summed E-state index contributed by atoms with van der Waals surface area (Å²) in [5, 5.41) is 10.5. The molecule has 3 heterocycles. The maximum Gasteiger partial charge on any atom is 0.101 e. The highest BCUT2D eigenvalue weighted by Gasteiger charge is 2.29. The molecule has 0 radical (unpaired) electrons. The lowest BCUT2D eigenvalue weighted by Gasteiger charge is -2.42. The van der Waals surface area contributed by atoms with E-state index in [9.17, 15) is 5.26 Å². The van der Waals surface area contributed by atoms with Gasteiger partial charge in [0.05, 0.1) is 23.3 Å². The Kier molecular flexibility index (Phi) is 6.00. The predicted octanol–water partition coefficient (Wildman–Crippen LogP) is 2.73. The molecule has 2 saturated heterocycles. The lowest BCUT2D eigenvalue weighted by atomic mass is 10.1. The van der Waals surface area contributed by atoms with Gasteiger partial charge in [-0.1, -0.05) is 0 Å². The van der Waals surface area contributed by atoms with Crippen molar-refractivity contribution < 1.29 is 4.74 Å². The fourth-order valence-corrected chi connectivity index (χ4v) is 4.62. The molecule has 0 N–H and O–H groups in total. The molecule has 29 heavy (non-hydrogen) atoms. The maximum absolute atomic E-state index is 9.42. The molecule has 6 heteroatoms. The van der Waals surface area contributed by atoms with Crippen LogP contribution >= 0.6 is 0 Å². The number of benzene rings is 1. The van der Waals surface area contributed by atoms with Crippen LogP contribution in [0.3, 0.4) is 0 Å². The Morgan fingerprint density at radius 3 is 2.69 bits per heavy atom. The molecule has 1 aromatic carbocycles. The number of fused-ring (bicyclic) bond motifs is 1. The highest BCUT2D eigenvalue weighted by molar-refractivity contribution is 5.95. The van der Waals surface area contributed by atoms with Crippen LogP contribution in [-0.2, 0) is 4.74 Å². The first-order valence-corrected chi connectivity index (χ1v) is 10.7. The largest absolute Gasteiger partial charge is 0.370 e. The van der Waals surface area contributed by atoms with Crippen LogP contribution in [0, 0.1) is 11.3 Å². The number of morpholine rings is 1. The monoisotopic (exact) mass is 393 g/mol. The average Bonchev–Trinajstić information content (AvgIpc) is 2.73. The molecule has 6 nitrogen and oxygen atoms in total. The Hall–Kier alpha value is -2.20. The molecule has 2 fully saturated rings. The van der Waals surface area contributed by atoms with E-state index >= 15 is 0 Å². The van der Waals surface area contributed by atoms with Crippen molar-refractivity contribution in [2.24, 2.45) is 0 Å². The Bertz CT molecular complexity index is 884. The normalized spacial score (nSPS) is 24.2. The van der Waals surface area contributed by atoms with Crippen molar-refractivity contribution >= 4 is 16.6 Å². The van der Waals surface area contributed by atoms with E-state index in [2.05, 4.69) is 58.7 Å². The third-order valence-electron chi connectivity index (χ3n) is 6.13. The highest BCUT2D eigenvalue weighted by atomic mass is 16.5. The van der Waals surface area contributed by atoms with Crippen molar-refractivity contribution in [2.45, 2.75) is 39.0 Å². The van der Waals surface area contributed by atoms with E-state index in [0.29, 0.717) is 11.6 Å². The van der Waals surface area contributed by atoms with Crippen LogP contribution in [0.4, 0.5) is 5.69 Å². The zero-order chi connectivity index (χ0) is 20.4. The van der Waals surface area contributed by atoms with Crippen molar-refractivity contribution in [1.29, 1.82) is 5.26 Å². The fraction of sp³-hybridized carbons (Fsp3) is 0.565. The summed E-state index contributed by atoms with van der Waals surface area (Å²) in [7, 11) is 0. The number of pyridine rings is 1. The zero-order valence-electron chi connectivity index (χ0n) is 17.7. The quantitative estimate of drug-likeness (QED) is 0.796. The molecule has 0 saturated carbocycles. The number of hydrogen-bond acceptors (Lipinski definition) is 6. The van der Waals surface area contributed by atoms with Crippen molar-refractivity contribution in [3.05, 3.63) is 36.0 Å². The van der Waals surface area contributed by atoms with E-state index < -0.39 is 0 Å². The van der Waals surface area contributed by atoms with E-state index in [1.54, 1.807) is 6.20 Å². The molecular weight excluding hydrogens is 362 g/mol. The zero-order valence-corrected chi connectivity index (χ0v) is 17.7. The van der Waals surface area contributed by atoms with Gasteiger partial charge in [-0.05, 0) is 45.0 Å². The molecule has 0 spiro atoms. The Labute approximate surface area is 173 Å². The second kappa shape index (κ2) is 8.66. The number of anilines is 1. The van der Waals surface area contributed by atoms with Gasteiger partial charge in [0, 0.05) is 69.1 Å². The predicted molar refractivity (Wildman–Crippen MR) is 116 cm³/mol. The van der Waals surface area contributed by atoms with Gasteiger partial charge in [-0.3, -0.25) is 14.8 Å². The third-order valence-corrected chi connectivity index (χ3v) is 6.13. The first-order chi connectivity index (χ1) is 14.0. The molecule has 2 aliphatic rings. The second-order valence-corrected chi connectivity index (χ2v) is 8.55. The lowest BCUT2D eigenvalue weighted by molar-refractivity contribution is -0.0389. The van der Waals surface area contributed by atoms with E-state index in [-0.39, 0.29) is 12.2 Å². The van der Waals surface area contributed by atoms with Crippen molar-refractivity contribution in [3.63, 3.8) is 0 Å². The number of rotatable bonds is 4. The number of ether oxygens (including phenoxy) is 1. The van der Waals surface area contributed by atoms with Crippen molar-refractivity contribution in [2.75, 3.05) is 50.7 Å². The number of hydrogen-bond donors (Lipinski definition) is 0. The SMILES string of the molecule is CC(C)N1CCN(C[C@H]2CN(c3ccc(C#N)c4ncccc34)C[C@@H](C)O2)CC1. The van der Waals surface area contributed by atoms with Gasteiger partial charge >= 0.3 is 0 Å². The van der Waals surface area contributed by atoms with Crippen LogP contribution in [0.1, 0.15) is 26.3 Å². The number of piperazine rings is 1. The fourth-order valence-electron chi connectivity index (χ4n) is 4.62. The Morgan fingerprint density at radius 1 is 1.17 bits per heavy atom. The van der Waals surface area contributed by atoms with E-state index in [0.717, 1.165) is 62.4 Å². The van der Waals surface area contributed by atoms with Crippen LogP contribution in [0.5, 0.6) is 0 Å². The third kappa shape index (κ3) is 4.37. The minimum absolute atomic E-state index is 0.174. The van der Waals surface area contributed by atoms with Crippen molar-refractivity contribution in [3.8, 4) is 6.07 Å². The first kappa shape index (κ1) is 20.1. The van der Waals surface area contributed by atoms with Gasteiger partial charge in [-0.2, -0.15) is 5.26 Å². The summed E-state index contributed by atoms with van der Waals surface area (Å²) < 4.78 is 6.31. The molecule has 2 aromatic rings. The first-order valence-electron chi connectivity index (χ1n) is 10.7. The summed E-state index contributed by atoms with van der Waals surface area (Å²) in [6.45, 7) is 13.9. The van der Waals surface area contributed by atoms with E-state index in [1.807, 2.05) is 12.1 Å². The van der Waals surface area contributed by atoms with Crippen LogP contribution < -0.4 is 4.90 Å². The summed E-state index contributed by atoms with van der Waals surface area (Å²) in [5.41, 5.74) is 2.56. The summed E-state index contributed by atoms with van der Waals surface area (Å²) >= 11 is 0. The minimum atomic E-state index is 0.174. The minimum Gasteiger partial charge on any atom is -0.370 e. The topological polar surface area (TPSA) is 55.6 Å². The number of nitrogens with zero attached hydrogens (tertiary/aromatic N) is 5. The summed E-state index contributed by atoms with van der Waals surface area (Å²) in [4.78, 5) is 12.0. The molecule has 0 amide bonds. The average molecular weight is 394 g/mol. The molecule has 0 unspecified atom stereocenters. The van der Waals surface area contributed by atoms with Crippen molar-refractivity contribution in [1.82, 2.24) is 14.8 Å². The van der Waals surface area contributed by atoms with Crippen LogP contribution in [0.15, 0.2) is 30.5 Å². The van der Waals surface area contributed by atoms with E-state index in [1.165, 1.54) is 0 Å². The van der Waals surface area contributed by atoms with Gasteiger partial charge in [0.15, 0.2) is 0 Å². The van der Waals surface area contributed by atoms with Crippen LogP contribution in [-0.4, -0.2) is 78.8 Å². The highest BCUT2D eigenvalue weighted by Crippen LogP contribution is 2.30.